The van der Waals surface area contributed by atoms with E-state index in [4.69, 9.17) is 14.5 Å². The Bertz CT molecular complexity index is 501. The summed E-state index contributed by atoms with van der Waals surface area (Å²) in [6.45, 7) is 5.32. The molecule has 2 aliphatic rings. The second-order valence-corrected chi connectivity index (χ2v) is 6.45. The molecule has 6 heteroatoms. The van der Waals surface area contributed by atoms with Gasteiger partial charge in [0, 0.05) is 38.5 Å². The quantitative estimate of drug-likeness (QED) is 0.305. The average molecular weight is 459 g/mol. The van der Waals surface area contributed by atoms with E-state index >= 15 is 0 Å². The van der Waals surface area contributed by atoms with E-state index in [1.54, 1.807) is 0 Å². The van der Waals surface area contributed by atoms with E-state index in [-0.39, 0.29) is 30.1 Å². The van der Waals surface area contributed by atoms with Crippen LogP contribution in [-0.4, -0.2) is 56.4 Å². The van der Waals surface area contributed by atoms with Crippen LogP contribution in [0.15, 0.2) is 35.3 Å². The Balaban J connectivity index is 0.00000225. The molecule has 2 heterocycles. The van der Waals surface area contributed by atoms with E-state index in [1.807, 2.05) is 18.2 Å². The minimum Gasteiger partial charge on any atom is -0.379 e. The monoisotopic (exact) mass is 459 g/mol. The van der Waals surface area contributed by atoms with E-state index in [0.29, 0.717) is 0 Å². The summed E-state index contributed by atoms with van der Waals surface area (Å²) in [7, 11) is 0. The van der Waals surface area contributed by atoms with Gasteiger partial charge in [-0.2, -0.15) is 0 Å². The maximum absolute atomic E-state index is 5.82. The lowest BCUT2D eigenvalue weighted by Crippen LogP contribution is -2.40. The summed E-state index contributed by atoms with van der Waals surface area (Å²) < 4.78 is 11.1. The van der Waals surface area contributed by atoms with Crippen LogP contribution in [0, 0.1) is 0 Å². The molecule has 0 aromatic heterocycles. The van der Waals surface area contributed by atoms with Crippen molar-refractivity contribution in [1.82, 2.24) is 4.90 Å². The maximum Gasteiger partial charge on any atom is 0.198 e. The number of benzene rings is 1. The lowest BCUT2D eigenvalue weighted by molar-refractivity contribution is 0.0424. The van der Waals surface area contributed by atoms with Crippen LogP contribution in [0.25, 0.3) is 0 Å². The standard InChI is InChI=1S/C19H29N3O2.HI/c1-3-8-17(9-4-1)21-19(22-12-5-2-6-13-22)20-11-7-14-24-18-10-15-23-16-18;/h1,3-4,8-9,18H,2,5-7,10-16H2,(H,20,21);1H. The van der Waals surface area contributed by atoms with Crippen molar-refractivity contribution < 1.29 is 9.47 Å². The zero-order valence-electron chi connectivity index (χ0n) is 14.9. The van der Waals surface area contributed by atoms with Gasteiger partial charge >= 0.3 is 0 Å². The van der Waals surface area contributed by atoms with Crippen molar-refractivity contribution in [2.75, 3.05) is 44.8 Å². The lowest BCUT2D eigenvalue weighted by atomic mass is 10.1. The fourth-order valence-corrected chi connectivity index (χ4v) is 3.12. The van der Waals surface area contributed by atoms with Gasteiger partial charge in [0.05, 0.1) is 12.7 Å². The molecule has 0 aliphatic carbocycles. The van der Waals surface area contributed by atoms with Crippen molar-refractivity contribution in [3.05, 3.63) is 30.3 Å². The summed E-state index contributed by atoms with van der Waals surface area (Å²) in [6, 6.07) is 10.3. The van der Waals surface area contributed by atoms with Crippen LogP contribution in [0.4, 0.5) is 5.69 Å². The van der Waals surface area contributed by atoms with Gasteiger partial charge in [-0.15, -0.1) is 24.0 Å². The molecule has 1 atom stereocenters. The number of anilines is 1. The number of para-hydroxylation sites is 1. The summed E-state index contributed by atoms with van der Waals surface area (Å²) in [4.78, 5) is 7.20. The third-order valence-corrected chi connectivity index (χ3v) is 4.49. The molecule has 0 amide bonds. The van der Waals surface area contributed by atoms with Crippen LogP contribution in [-0.2, 0) is 9.47 Å². The van der Waals surface area contributed by atoms with E-state index < -0.39 is 0 Å². The highest BCUT2D eigenvalue weighted by Crippen LogP contribution is 2.13. The molecule has 140 valence electrons. The molecular weight excluding hydrogens is 429 g/mol. The number of nitrogens with zero attached hydrogens (tertiary/aromatic N) is 2. The zero-order chi connectivity index (χ0) is 16.5. The van der Waals surface area contributed by atoms with Gasteiger partial charge in [-0.1, -0.05) is 18.2 Å². The zero-order valence-corrected chi connectivity index (χ0v) is 17.2. The Hall–Kier alpha value is -0.860. The Morgan fingerprint density at radius 2 is 2.00 bits per heavy atom. The van der Waals surface area contributed by atoms with E-state index in [0.717, 1.165) is 63.9 Å². The van der Waals surface area contributed by atoms with Crippen molar-refractivity contribution in [1.29, 1.82) is 0 Å². The van der Waals surface area contributed by atoms with Gasteiger partial charge in [0.2, 0.25) is 0 Å². The number of guanidine groups is 1. The highest BCUT2D eigenvalue weighted by atomic mass is 127. The molecule has 0 spiro atoms. The predicted molar refractivity (Wildman–Crippen MR) is 113 cm³/mol. The first-order valence-electron chi connectivity index (χ1n) is 9.22. The molecular formula is C19H30IN3O2. The Morgan fingerprint density at radius 3 is 2.72 bits per heavy atom. The van der Waals surface area contributed by atoms with Gasteiger partial charge in [0.1, 0.15) is 0 Å². The van der Waals surface area contributed by atoms with Crippen LogP contribution in [0.5, 0.6) is 0 Å². The molecule has 0 saturated carbocycles. The number of piperidine rings is 1. The summed E-state index contributed by atoms with van der Waals surface area (Å²) >= 11 is 0. The first-order chi connectivity index (χ1) is 11.9. The minimum absolute atomic E-state index is 0. The number of hydrogen-bond donors (Lipinski definition) is 1. The largest absolute Gasteiger partial charge is 0.379 e. The summed E-state index contributed by atoms with van der Waals surface area (Å²) in [5.41, 5.74) is 1.10. The first-order valence-corrected chi connectivity index (χ1v) is 9.22. The maximum atomic E-state index is 5.82. The third-order valence-electron chi connectivity index (χ3n) is 4.49. The fourth-order valence-electron chi connectivity index (χ4n) is 3.12. The van der Waals surface area contributed by atoms with Crippen LogP contribution in [0.1, 0.15) is 32.1 Å². The number of aliphatic imine (C=N–C) groups is 1. The van der Waals surface area contributed by atoms with Crippen LogP contribution < -0.4 is 5.32 Å². The van der Waals surface area contributed by atoms with Crippen molar-refractivity contribution in [3.63, 3.8) is 0 Å². The van der Waals surface area contributed by atoms with E-state index in [2.05, 4.69) is 22.3 Å². The minimum atomic E-state index is 0. The molecule has 1 N–H and O–H groups in total. The Labute approximate surface area is 168 Å². The van der Waals surface area contributed by atoms with Crippen molar-refractivity contribution >= 4 is 35.6 Å². The van der Waals surface area contributed by atoms with Crippen LogP contribution in [0.2, 0.25) is 0 Å². The lowest BCUT2D eigenvalue weighted by Gasteiger charge is -2.30. The number of nitrogens with one attached hydrogen (secondary N) is 1. The second kappa shape index (κ2) is 11.7. The number of likely N-dealkylation sites (tertiary alicyclic amines) is 1. The molecule has 1 unspecified atom stereocenters. The number of rotatable bonds is 6. The second-order valence-electron chi connectivity index (χ2n) is 6.45. The van der Waals surface area contributed by atoms with Gasteiger partial charge < -0.3 is 19.7 Å². The molecule has 0 radical (unpaired) electrons. The average Bonchev–Trinajstić information content (AvgIpc) is 3.15. The van der Waals surface area contributed by atoms with Crippen molar-refractivity contribution in [2.24, 2.45) is 4.99 Å². The van der Waals surface area contributed by atoms with Gasteiger partial charge in [-0.05, 0) is 44.2 Å². The molecule has 1 aromatic carbocycles. The number of halogens is 1. The highest BCUT2D eigenvalue weighted by Gasteiger charge is 2.16. The van der Waals surface area contributed by atoms with Gasteiger partial charge in [0.15, 0.2) is 5.96 Å². The fraction of sp³-hybridized carbons (Fsp3) is 0.632. The third kappa shape index (κ3) is 7.11. The predicted octanol–water partition coefficient (Wildman–Crippen LogP) is 3.75. The summed E-state index contributed by atoms with van der Waals surface area (Å²) in [6.07, 6.45) is 6.09. The molecule has 1 aromatic rings. The first kappa shape index (κ1) is 20.5. The van der Waals surface area contributed by atoms with Crippen LogP contribution in [0.3, 0.4) is 0 Å². The smallest absolute Gasteiger partial charge is 0.198 e. The molecule has 25 heavy (non-hydrogen) atoms. The van der Waals surface area contributed by atoms with E-state index in [1.165, 1.54) is 19.3 Å². The Morgan fingerprint density at radius 1 is 1.20 bits per heavy atom. The van der Waals surface area contributed by atoms with Gasteiger partial charge in [-0.25, -0.2) is 0 Å². The SMILES string of the molecule is I.c1ccc(NC(=NCCCOC2CCOC2)N2CCCCC2)cc1. The van der Waals surface area contributed by atoms with Gasteiger partial charge in [0.25, 0.3) is 0 Å². The van der Waals surface area contributed by atoms with E-state index in [9.17, 15) is 0 Å². The Kier molecular flexibility index (Phi) is 9.57. The van der Waals surface area contributed by atoms with Crippen molar-refractivity contribution in [3.8, 4) is 0 Å². The molecule has 2 saturated heterocycles. The van der Waals surface area contributed by atoms with Crippen molar-refractivity contribution in [2.45, 2.75) is 38.2 Å². The molecule has 3 rings (SSSR count). The van der Waals surface area contributed by atoms with Crippen LogP contribution >= 0.6 is 24.0 Å². The molecule has 0 bridgehead atoms. The summed E-state index contributed by atoms with van der Waals surface area (Å²) in [5, 5.41) is 3.50. The topological polar surface area (TPSA) is 46.1 Å². The molecule has 2 aliphatic heterocycles. The number of hydrogen-bond acceptors (Lipinski definition) is 3. The summed E-state index contributed by atoms with van der Waals surface area (Å²) in [5.74, 6) is 1.00. The molecule has 5 nitrogen and oxygen atoms in total. The van der Waals surface area contributed by atoms with Gasteiger partial charge in [-0.3, -0.25) is 4.99 Å². The normalized spacial score (nSPS) is 21.0. The number of ether oxygens (including phenoxy) is 2. The molecule has 2 fully saturated rings. The highest BCUT2D eigenvalue weighted by molar-refractivity contribution is 14.0.